The molecule has 0 aliphatic carbocycles. The van der Waals surface area contributed by atoms with Crippen LogP contribution in [-0.2, 0) is 26.2 Å². The smallest absolute Gasteiger partial charge is 0.269 e. The quantitative estimate of drug-likeness (QED) is 0.557. The van der Waals surface area contributed by atoms with Gasteiger partial charge in [-0.05, 0) is 49.9 Å². The number of carbonyl (C=O) groups is 3. The van der Waals surface area contributed by atoms with E-state index in [0.29, 0.717) is 6.54 Å². The van der Waals surface area contributed by atoms with Crippen LogP contribution in [0.5, 0.6) is 0 Å². The van der Waals surface area contributed by atoms with Gasteiger partial charge in [-0.1, -0.05) is 43.3 Å². The average molecular weight is 486 g/mol. The Morgan fingerprint density at radius 1 is 1.09 bits per heavy atom. The Labute approximate surface area is 201 Å². The number of nitrogens with zero attached hydrogens (tertiary/aromatic N) is 2. The second-order valence-electron chi connectivity index (χ2n) is 8.40. The van der Waals surface area contributed by atoms with Gasteiger partial charge in [-0.2, -0.15) is 0 Å². The number of carbonyl (C=O) groups excluding carboxylic acids is 3. The molecule has 1 aliphatic heterocycles. The summed E-state index contributed by atoms with van der Waals surface area (Å²) >= 11 is 0. The molecule has 0 unspecified atom stereocenters. The summed E-state index contributed by atoms with van der Waals surface area (Å²) < 4.78 is 26.3. The number of amides is 3. The molecule has 3 rings (SSSR count). The van der Waals surface area contributed by atoms with Gasteiger partial charge in [-0.15, -0.1) is 0 Å². The van der Waals surface area contributed by atoms with Gasteiger partial charge in [0.15, 0.2) is 0 Å². The van der Waals surface area contributed by atoms with E-state index in [-0.39, 0.29) is 48.2 Å². The zero-order valence-electron chi connectivity index (χ0n) is 19.8. The Morgan fingerprint density at radius 3 is 2.44 bits per heavy atom. The van der Waals surface area contributed by atoms with Crippen molar-refractivity contribution in [3.63, 3.8) is 0 Å². The van der Waals surface area contributed by atoms with Crippen LogP contribution < -0.4 is 5.32 Å². The predicted octanol–water partition coefficient (Wildman–Crippen LogP) is 2.86. The zero-order chi connectivity index (χ0) is 24.9. The molecule has 182 valence electrons. The number of fused-ring (bicyclic) bond motifs is 1. The van der Waals surface area contributed by atoms with E-state index in [9.17, 15) is 22.8 Å². The molecule has 0 saturated heterocycles. The van der Waals surface area contributed by atoms with Gasteiger partial charge in [0, 0.05) is 26.1 Å². The van der Waals surface area contributed by atoms with Gasteiger partial charge in [0.05, 0.1) is 5.56 Å². The first-order valence-corrected chi connectivity index (χ1v) is 12.9. The van der Waals surface area contributed by atoms with Crippen LogP contribution in [0.4, 0.5) is 0 Å². The van der Waals surface area contributed by atoms with Crippen molar-refractivity contribution in [1.29, 1.82) is 0 Å². The van der Waals surface area contributed by atoms with Crippen molar-refractivity contribution in [2.45, 2.75) is 57.5 Å². The van der Waals surface area contributed by atoms with Gasteiger partial charge in [0.2, 0.25) is 11.8 Å². The SMILES string of the molecule is CCCNC(=O)[C@@H](C)N(Cc1ccccc1C)C(=O)CCCN1C(=O)c2ccccc2S1(=O)=O. The highest BCUT2D eigenvalue weighted by atomic mass is 32.2. The summed E-state index contributed by atoms with van der Waals surface area (Å²) in [5.41, 5.74) is 2.09. The van der Waals surface area contributed by atoms with Crippen LogP contribution in [0.1, 0.15) is 54.6 Å². The minimum atomic E-state index is -3.91. The number of aryl methyl sites for hydroxylation is 1. The molecule has 8 nitrogen and oxygen atoms in total. The maximum Gasteiger partial charge on any atom is 0.269 e. The van der Waals surface area contributed by atoms with E-state index in [1.165, 1.54) is 17.0 Å². The Kier molecular flexibility index (Phi) is 8.09. The van der Waals surface area contributed by atoms with E-state index in [1.807, 2.05) is 38.1 Å². The van der Waals surface area contributed by atoms with Crippen LogP contribution in [0.2, 0.25) is 0 Å². The third kappa shape index (κ3) is 5.30. The first-order valence-electron chi connectivity index (χ1n) is 11.5. The van der Waals surface area contributed by atoms with Crippen molar-refractivity contribution in [2.24, 2.45) is 0 Å². The Bertz CT molecular complexity index is 1180. The highest BCUT2D eigenvalue weighted by molar-refractivity contribution is 7.90. The van der Waals surface area contributed by atoms with Crippen molar-refractivity contribution in [2.75, 3.05) is 13.1 Å². The molecule has 1 heterocycles. The average Bonchev–Trinajstić information content (AvgIpc) is 3.02. The molecule has 1 aliphatic rings. The van der Waals surface area contributed by atoms with E-state index in [2.05, 4.69) is 5.32 Å². The minimum absolute atomic E-state index is 0.00581. The molecule has 0 fully saturated rings. The number of hydrogen-bond acceptors (Lipinski definition) is 5. The summed E-state index contributed by atoms with van der Waals surface area (Å²) in [4.78, 5) is 39.9. The molecular formula is C25H31N3O5S. The van der Waals surface area contributed by atoms with E-state index < -0.39 is 22.0 Å². The summed E-state index contributed by atoms with van der Waals surface area (Å²) in [5.74, 6) is -1.09. The highest BCUT2D eigenvalue weighted by Crippen LogP contribution is 2.30. The molecule has 34 heavy (non-hydrogen) atoms. The van der Waals surface area contributed by atoms with Gasteiger partial charge in [-0.3, -0.25) is 14.4 Å². The van der Waals surface area contributed by atoms with Crippen LogP contribution in [0.3, 0.4) is 0 Å². The van der Waals surface area contributed by atoms with Gasteiger partial charge in [0.25, 0.3) is 15.9 Å². The molecule has 2 aromatic rings. The van der Waals surface area contributed by atoms with E-state index in [1.54, 1.807) is 19.1 Å². The number of benzene rings is 2. The van der Waals surface area contributed by atoms with Crippen LogP contribution in [0.15, 0.2) is 53.4 Å². The largest absolute Gasteiger partial charge is 0.354 e. The first kappa shape index (κ1) is 25.4. The Morgan fingerprint density at radius 2 is 1.76 bits per heavy atom. The van der Waals surface area contributed by atoms with Crippen LogP contribution in [0.25, 0.3) is 0 Å². The number of nitrogens with one attached hydrogen (secondary N) is 1. The maximum atomic E-state index is 13.2. The lowest BCUT2D eigenvalue weighted by molar-refractivity contribution is -0.140. The van der Waals surface area contributed by atoms with E-state index in [4.69, 9.17) is 0 Å². The highest BCUT2D eigenvalue weighted by Gasteiger charge is 2.40. The van der Waals surface area contributed by atoms with E-state index >= 15 is 0 Å². The number of sulfonamides is 1. The summed E-state index contributed by atoms with van der Waals surface area (Å²) in [6.07, 6.45) is 0.948. The summed E-state index contributed by atoms with van der Waals surface area (Å²) in [6, 6.07) is 13.1. The Balaban J connectivity index is 1.71. The molecule has 0 aromatic heterocycles. The lowest BCUT2D eigenvalue weighted by atomic mass is 10.1. The van der Waals surface area contributed by atoms with Crippen LogP contribution in [-0.4, -0.2) is 54.5 Å². The topological polar surface area (TPSA) is 104 Å². The monoisotopic (exact) mass is 485 g/mol. The lowest BCUT2D eigenvalue weighted by Crippen LogP contribution is -2.48. The van der Waals surface area contributed by atoms with Crippen LogP contribution in [0, 0.1) is 6.92 Å². The molecule has 9 heteroatoms. The number of hydrogen-bond donors (Lipinski definition) is 1. The summed E-state index contributed by atoms with van der Waals surface area (Å²) in [5, 5.41) is 2.83. The van der Waals surface area contributed by atoms with Crippen molar-refractivity contribution in [3.05, 3.63) is 65.2 Å². The summed E-state index contributed by atoms with van der Waals surface area (Å²) in [7, 11) is -3.91. The van der Waals surface area contributed by atoms with Crippen molar-refractivity contribution in [1.82, 2.24) is 14.5 Å². The normalized spacial score (nSPS) is 15.0. The first-order chi connectivity index (χ1) is 16.2. The fourth-order valence-corrected chi connectivity index (χ4v) is 5.53. The molecule has 0 spiro atoms. The fourth-order valence-electron chi connectivity index (χ4n) is 3.92. The van der Waals surface area contributed by atoms with Gasteiger partial charge < -0.3 is 10.2 Å². The second-order valence-corrected chi connectivity index (χ2v) is 10.2. The lowest BCUT2D eigenvalue weighted by Gasteiger charge is -2.29. The standard InChI is InChI=1S/C25H31N3O5S/c1-4-15-26-24(30)19(3)27(17-20-11-6-5-10-18(20)2)23(29)14-9-16-28-25(31)21-12-7-8-13-22(21)34(28,32)33/h5-8,10-13,19H,4,9,14-17H2,1-3H3,(H,26,30)/t19-/m1/s1. The van der Waals surface area contributed by atoms with Gasteiger partial charge in [0.1, 0.15) is 10.9 Å². The van der Waals surface area contributed by atoms with Crippen LogP contribution >= 0.6 is 0 Å². The fraction of sp³-hybridized carbons (Fsp3) is 0.400. The molecular weight excluding hydrogens is 454 g/mol. The molecule has 2 aromatic carbocycles. The van der Waals surface area contributed by atoms with E-state index in [0.717, 1.165) is 21.9 Å². The van der Waals surface area contributed by atoms with Crippen molar-refractivity contribution < 1.29 is 22.8 Å². The Hall–Kier alpha value is -3.20. The van der Waals surface area contributed by atoms with Crippen molar-refractivity contribution in [3.8, 4) is 0 Å². The molecule has 1 atom stereocenters. The zero-order valence-corrected chi connectivity index (χ0v) is 20.6. The molecule has 0 saturated carbocycles. The molecule has 0 bridgehead atoms. The third-order valence-electron chi connectivity index (χ3n) is 5.98. The maximum absolute atomic E-state index is 13.2. The van der Waals surface area contributed by atoms with Crippen molar-refractivity contribution >= 4 is 27.7 Å². The van der Waals surface area contributed by atoms with Gasteiger partial charge in [-0.25, -0.2) is 12.7 Å². The minimum Gasteiger partial charge on any atom is -0.354 e. The van der Waals surface area contributed by atoms with Gasteiger partial charge >= 0.3 is 0 Å². The molecule has 1 N–H and O–H groups in total. The predicted molar refractivity (Wildman–Crippen MR) is 128 cm³/mol. The summed E-state index contributed by atoms with van der Waals surface area (Å²) in [6.45, 7) is 6.26. The third-order valence-corrected chi connectivity index (χ3v) is 7.82. The molecule has 0 radical (unpaired) electrons. The second kappa shape index (κ2) is 10.8. The molecule has 3 amide bonds. The number of rotatable bonds is 10.